The van der Waals surface area contributed by atoms with E-state index in [1.807, 2.05) is 6.08 Å². The lowest BCUT2D eigenvalue weighted by atomic mass is 9.83. The molecule has 0 N–H and O–H groups in total. The summed E-state index contributed by atoms with van der Waals surface area (Å²) in [5, 5.41) is 0. The normalized spacial score (nSPS) is 12.2. The number of rotatable bonds is 10. The van der Waals surface area contributed by atoms with Crippen molar-refractivity contribution in [1.29, 1.82) is 0 Å². The van der Waals surface area contributed by atoms with E-state index in [1.54, 1.807) is 0 Å². The number of hydrogen-bond acceptors (Lipinski definition) is 3. The number of unbranched alkanes of at least 4 members (excludes halogenated alkanes) is 1. The Hall–Kier alpha value is -2.03. The summed E-state index contributed by atoms with van der Waals surface area (Å²) in [6, 6.07) is 8.66. The molecule has 152 valence electrons. The van der Waals surface area contributed by atoms with Gasteiger partial charge in [-0.2, -0.15) is 0 Å². The Morgan fingerprint density at radius 1 is 0.929 bits per heavy atom. The minimum absolute atomic E-state index is 0.0299. The molecule has 28 heavy (non-hydrogen) atoms. The highest BCUT2D eigenvalue weighted by Gasteiger charge is 2.30. The monoisotopic (exact) mass is 379 g/mol. The van der Waals surface area contributed by atoms with Crippen LogP contribution in [0.5, 0.6) is 0 Å². The van der Waals surface area contributed by atoms with Gasteiger partial charge in [0.05, 0.1) is 0 Å². The average molecular weight is 380 g/mol. The molecule has 0 saturated heterocycles. The second kappa shape index (κ2) is 9.45. The number of nitrogens with zero attached hydrogens (tertiary/aromatic N) is 3. The molecule has 0 radical (unpaired) electrons. The van der Waals surface area contributed by atoms with Gasteiger partial charge in [-0.1, -0.05) is 65.8 Å². The van der Waals surface area contributed by atoms with E-state index in [1.165, 1.54) is 5.56 Å². The van der Waals surface area contributed by atoms with Crippen molar-refractivity contribution in [3.05, 3.63) is 54.1 Å². The molecule has 3 heteroatoms. The Morgan fingerprint density at radius 2 is 1.61 bits per heavy atom. The first-order chi connectivity index (χ1) is 13.3. The molecule has 1 aromatic heterocycles. The summed E-state index contributed by atoms with van der Waals surface area (Å²) in [5.74, 6) is 2.64. The van der Waals surface area contributed by atoms with Crippen LogP contribution in [0.3, 0.4) is 0 Å². The summed E-state index contributed by atoms with van der Waals surface area (Å²) in [7, 11) is 0. The zero-order valence-corrected chi connectivity index (χ0v) is 18.7. The van der Waals surface area contributed by atoms with Crippen molar-refractivity contribution in [2.45, 2.75) is 90.9 Å². The van der Waals surface area contributed by atoms with Crippen LogP contribution in [-0.4, -0.2) is 15.0 Å². The summed E-state index contributed by atoms with van der Waals surface area (Å²) in [4.78, 5) is 14.9. The highest BCUT2D eigenvalue weighted by Crippen LogP contribution is 2.32. The van der Waals surface area contributed by atoms with Crippen molar-refractivity contribution < 1.29 is 0 Å². The van der Waals surface area contributed by atoms with E-state index in [4.69, 9.17) is 15.0 Å². The van der Waals surface area contributed by atoms with Gasteiger partial charge < -0.3 is 0 Å². The highest BCUT2D eigenvalue weighted by atomic mass is 15.1. The number of benzene rings is 1. The summed E-state index contributed by atoms with van der Waals surface area (Å²) in [6.45, 7) is 17.2. The van der Waals surface area contributed by atoms with Gasteiger partial charge in [-0.05, 0) is 50.2 Å². The van der Waals surface area contributed by atoms with E-state index in [0.29, 0.717) is 0 Å². The maximum Gasteiger partial charge on any atom is 0.163 e. The number of aryl methyl sites for hydroxylation is 1. The third-order valence-electron chi connectivity index (χ3n) is 6.28. The molecule has 0 aliphatic carbocycles. The minimum atomic E-state index is -0.0730. The fourth-order valence-electron chi connectivity index (χ4n) is 3.12. The van der Waals surface area contributed by atoms with Crippen LogP contribution in [0, 0.1) is 0 Å². The van der Waals surface area contributed by atoms with Gasteiger partial charge in [0.1, 0.15) is 11.6 Å². The first kappa shape index (κ1) is 22.3. The molecule has 0 saturated carbocycles. The zero-order valence-electron chi connectivity index (χ0n) is 18.7. The first-order valence-electron chi connectivity index (χ1n) is 10.8. The zero-order chi connectivity index (χ0) is 20.8. The van der Waals surface area contributed by atoms with E-state index in [0.717, 1.165) is 61.6 Å². The van der Waals surface area contributed by atoms with Crippen molar-refractivity contribution in [2.75, 3.05) is 0 Å². The second-order valence-corrected chi connectivity index (χ2v) is 8.69. The summed E-state index contributed by atoms with van der Waals surface area (Å²) >= 11 is 0. The van der Waals surface area contributed by atoms with Gasteiger partial charge >= 0.3 is 0 Å². The third kappa shape index (κ3) is 5.06. The molecule has 0 bridgehead atoms. The molecule has 0 fully saturated rings. The van der Waals surface area contributed by atoms with Gasteiger partial charge in [-0.25, -0.2) is 15.0 Å². The number of allylic oxidation sites excluding steroid dienone is 1. The summed E-state index contributed by atoms with van der Waals surface area (Å²) < 4.78 is 0. The lowest BCUT2D eigenvalue weighted by Crippen LogP contribution is -2.28. The van der Waals surface area contributed by atoms with Crippen molar-refractivity contribution >= 4 is 0 Å². The maximum absolute atomic E-state index is 4.96. The largest absolute Gasteiger partial charge is 0.217 e. The molecule has 0 aliphatic rings. The molecule has 2 aromatic rings. The van der Waals surface area contributed by atoms with Crippen LogP contribution < -0.4 is 0 Å². The molecule has 0 unspecified atom stereocenters. The molecular weight excluding hydrogens is 342 g/mol. The van der Waals surface area contributed by atoms with Gasteiger partial charge in [0.2, 0.25) is 0 Å². The van der Waals surface area contributed by atoms with E-state index >= 15 is 0 Å². The summed E-state index contributed by atoms with van der Waals surface area (Å²) in [5.41, 5.74) is 2.31. The fraction of sp³-hybridized carbons (Fsp3) is 0.560. The van der Waals surface area contributed by atoms with Gasteiger partial charge in [0, 0.05) is 16.4 Å². The quantitative estimate of drug-likeness (QED) is 0.336. The van der Waals surface area contributed by atoms with Crippen LogP contribution in [-0.2, 0) is 17.3 Å². The van der Waals surface area contributed by atoms with Gasteiger partial charge in [-0.15, -0.1) is 6.58 Å². The molecule has 1 aromatic carbocycles. The molecule has 0 atom stereocenters. The molecule has 0 amide bonds. The molecule has 0 aliphatic heterocycles. The molecule has 1 heterocycles. The lowest BCUT2D eigenvalue weighted by Gasteiger charge is -2.28. The predicted octanol–water partition coefficient (Wildman–Crippen LogP) is 6.81. The van der Waals surface area contributed by atoms with Crippen LogP contribution >= 0.6 is 0 Å². The van der Waals surface area contributed by atoms with E-state index < -0.39 is 0 Å². The average Bonchev–Trinajstić information content (AvgIpc) is 2.73. The SMILES string of the molecule is C=CCCCc1cccc(-c2nc(C(C)(C)CC)nc(C(C)(CC)CC)n2)c1. The van der Waals surface area contributed by atoms with E-state index in [2.05, 4.69) is 72.4 Å². The van der Waals surface area contributed by atoms with Crippen molar-refractivity contribution in [3.8, 4) is 11.4 Å². The molecule has 2 rings (SSSR count). The Morgan fingerprint density at radius 3 is 2.21 bits per heavy atom. The first-order valence-corrected chi connectivity index (χ1v) is 10.8. The molecule has 0 spiro atoms. The number of aromatic nitrogens is 3. The topological polar surface area (TPSA) is 38.7 Å². The highest BCUT2D eigenvalue weighted by molar-refractivity contribution is 5.56. The predicted molar refractivity (Wildman–Crippen MR) is 120 cm³/mol. The van der Waals surface area contributed by atoms with Crippen molar-refractivity contribution in [1.82, 2.24) is 15.0 Å². The van der Waals surface area contributed by atoms with Crippen LogP contribution in [0.4, 0.5) is 0 Å². The standard InChI is InChI=1S/C25H37N3/c1-8-12-13-15-19-16-14-17-20(18-19)21-26-22(24(5,6)9-2)28-23(27-21)25(7,10-3)11-4/h8,14,16-18H,1,9-13,15H2,2-7H3. The maximum atomic E-state index is 4.96. The second-order valence-electron chi connectivity index (χ2n) is 8.69. The van der Waals surface area contributed by atoms with Crippen molar-refractivity contribution in [3.63, 3.8) is 0 Å². The third-order valence-corrected chi connectivity index (χ3v) is 6.28. The summed E-state index contributed by atoms with van der Waals surface area (Å²) in [6.07, 6.45) is 8.21. The van der Waals surface area contributed by atoms with Crippen LogP contribution in [0.25, 0.3) is 11.4 Å². The van der Waals surface area contributed by atoms with Crippen LogP contribution in [0.1, 0.15) is 90.9 Å². The Kier molecular flexibility index (Phi) is 7.51. The van der Waals surface area contributed by atoms with Gasteiger partial charge in [0.25, 0.3) is 0 Å². The van der Waals surface area contributed by atoms with Gasteiger partial charge in [-0.3, -0.25) is 0 Å². The minimum Gasteiger partial charge on any atom is -0.217 e. The molecule has 3 nitrogen and oxygen atoms in total. The smallest absolute Gasteiger partial charge is 0.163 e. The number of hydrogen-bond donors (Lipinski definition) is 0. The van der Waals surface area contributed by atoms with Gasteiger partial charge in [0.15, 0.2) is 5.82 Å². The van der Waals surface area contributed by atoms with E-state index in [9.17, 15) is 0 Å². The van der Waals surface area contributed by atoms with E-state index in [-0.39, 0.29) is 10.8 Å². The molecular formula is C25H37N3. The van der Waals surface area contributed by atoms with Crippen LogP contribution in [0.15, 0.2) is 36.9 Å². The lowest BCUT2D eigenvalue weighted by molar-refractivity contribution is 0.396. The Bertz CT molecular complexity index is 788. The Balaban J connectivity index is 2.55. The fourth-order valence-corrected chi connectivity index (χ4v) is 3.12. The van der Waals surface area contributed by atoms with Crippen molar-refractivity contribution in [2.24, 2.45) is 0 Å². The Labute approximate surface area is 171 Å². The van der Waals surface area contributed by atoms with Crippen LogP contribution in [0.2, 0.25) is 0 Å².